The Morgan fingerprint density at radius 3 is 3.09 bits per heavy atom. The van der Waals surface area contributed by atoms with E-state index in [1.165, 1.54) is 31.4 Å². The van der Waals surface area contributed by atoms with E-state index in [9.17, 15) is 0 Å². The minimum Gasteiger partial charge on any atom is -0.108 e. The summed E-state index contributed by atoms with van der Waals surface area (Å²) in [7, 11) is 0. The summed E-state index contributed by atoms with van der Waals surface area (Å²) in [6.45, 7) is 2.25. The predicted octanol–water partition coefficient (Wildman–Crippen LogP) is 3.70. The fourth-order valence-corrected chi connectivity index (χ4v) is 4.24. The average molecular weight is 206 g/mol. The maximum Gasteiger partial charge on any atom is 0.104 e. The highest BCUT2D eigenvalue weighted by Gasteiger charge is 2.16. The second kappa shape index (κ2) is 5.44. The molecule has 0 bridgehead atoms. The molecule has 1 atom stereocenters. The van der Waals surface area contributed by atoms with Gasteiger partial charge in [0, 0.05) is 11.0 Å². The summed E-state index contributed by atoms with van der Waals surface area (Å²) in [5.41, 5.74) is 0. The zero-order valence-corrected chi connectivity index (χ0v) is 9.29. The molecule has 1 heterocycles. The molecule has 0 aromatic heterocycles. The van der Waals surface area contributed by atoms with E-state index in [1.54, 1.807) is 0 Å². The van der Waals surface area contributed by atoms with Crippen LogP contribution in [-0.4, -0.2) is 14.5 Å². The third kappa shape index (κ3) is 3.81. The number of unbranched alkanes of at least 4 members (excludes halogenated alkanes) is 1. The summed E-state index contributed by atoms with van der Waals surface area (Å²) < 4.78 is 1.16. The molecular weight excluding hydrogens is 192 g/mol. The van der Waals surface area contributed by atoms with E-state index in [4.69, 9.17) is 12.2 Å². The van der Waals surface area contributed by atoms with Gasteiger partial charge in [0.15, 0.2) is 0 Å². The molecule has 0 amide bonds. The summed E-state index contributed by atoms with van der Waals surface area (Å²) in [5.74, 6) is 1.25. The first kappa shape index (κ1) is 9.87. The van der Waals surface area contributed by atoms with Gasteiger partial charge >= 0.3 is 0 Å². The van der Waals surface area contributed by atoms with Gasteiger partial charge in [0.05, 0.1) is 0 Å². The summed E-state index contributed by atoms with van der Waals surface area (Å²) in [4.78, 5) is 0. The molecule has 3 heteroatoms. The SMILES string of the molecule is CCCCC1CCSC(=S)S1. The molecule has 1 unspecified atom stereocenters. The maximum atomic E-state index is 5.16. The topological polar surface area (TPSA) is 0 Å². The van der Waals surface area contributed by atoms with Crippen LogP contribution in [0.25, 0.3) is 0 Å². The van der Waals surface area contributed by atoms with E-state index < -0.39 is 0 Å². The van der Waals surface area contributed by atoms with Crippen LogP contribution in [0.2, 0.25) is 0 Å². The van der Waals surface area contributed by atoms with Crippen molar-refractivity contribution in [1.82, 2.24) is 0 Å². The van der Waals surface area contributed by atoms with Crippen LogP contribution in [0.3, 0.4) is 0 Å². The van der Waals surface area contributed by atoms with Crippen LogP contribution in [0.5, 0.6) is 0 Å². The van der Waals surface area contributed by atoms with Crippen molar-refractivity contribution in [2.45, 2.75) is 37.9 Å². The third-order valence-corrected chi connectivity index (χ3v) is 4.76. The van der Waals surface area contributed by atoms with E-state index in [0.717, 1.165) is 8.78 Å². The molecule has 1 saturated heterocycles. The van der Waals surface area contributed by atoms with Crippen molar-refractivity contribution in [1.29, 1.82) is 0 Å². The summed E-state index contributed by atoms with van der Waals surface area (Å²) in [6, 6.07) is 0. The van der Waals surface area contributed by atoms with Gasteiger partial charge in [-0.2, -0.15) is 0 Å². The molecule has 1 aliphatic heterocycles. The Labute approximate surface area is 82.9 Å². The van der Waals surface area contributed by atoms with Crippen LogP contribution in [0.4, 0.5) is 0 Å². The zero-order chi connectivity index (χ0) is 8.10. The van der Waals surface area contributed by atoms with Gasteiger partial charge in [-0.25, -0.2) is 0 Å². The molecular formula is C8H14S3. The Morgan fingerprint density at radius 1 is 1.64 bits per heavy atom. The van der Waals surface area contributed by atoms with Gasteiger partial charge in [-0.1, -0.05) is 32.0 Å². The van der Waals surface area contributed by atoms with Crippen LogP contribution in [0, 0.1) is 0 Å². The minimum atomic E-state index is 0.837. The van der Waals surface area contributed by atoms with Crippen molar-refractivity contribution >= 4 is 39.3 Å². The van der Waals surface area contributed by atoms with Gasteiger partial charge in [-0.15, -0.1) is 23.5 Å². The lowest BCUT2D eigenvalue weighted by Crippen LogP contribution is -2.11. The monoisotopic (exact) mass is 206 g/mol. The van der Waals surface area contributed by atoms with Crippen LogP contribution in [-0.2, 0) is 0 Å². The number of thiocarbonyl (C=S) groups is 1. The Morgan fingerprint density at radius 2 is 2.45 bits per heavy atom. The van der Waals surface area contributed by atoms with Crippen molar-refractivity contribution in [2.24, 2.45) is 0 Å². The van der Waals surface area contributed by atoms with Crippen LogP contribution in [0.15, 0.2) is 0 Å². The van der Waals surface area contributed by atoms with E-state index in [-0.39, 0.29) is 0 Å². The van der Waals surface area contributed by atoms with E-state index in [0.29, 0.717) is 0 Å². The lowest BCUT2D eigenvalue weighted by atomic mass is 10.2. The zero-order valence-electron chi connectivity index (χ0n) is 6.84. The molecule has 1 rings (SSSR count). The van der Waals surface area contributed by atoms with E-state index in [1.807, 2.05) is 23.5 Å². The predicted molar refractivity (Wildman–Crippen MR) is 60.6 cm³/mol. The fraction of sp³-hybridized carbons (Fsp3) is 0.875. The molecule has 64 valence electrons. The lowest BCUT2D eigenvalue weighted by Gasteiger charge is -2.20. The van der Waals surface area contributed by atoms with Crippen LogP contribution in [0.1, 0.15) is 32.6 Å². The molecule has 0 aromatic carbocycles. The summed E-state index contributed by atoms with van der Waals surface area (Å²) in [5, 5.41) is 0.837. The van der Waals surface area contributed by atoms with Crippen molar-refractivity contribution in [2.75, 3.05) is 5.75 Å². The molecule has 0 saturated carbocycles. The largest absolute Gasteiger partial charge is 0.108 e. The highest BCUT2D eigenvalue weighted by molar-refractivity contribution is 8.47. The summed E-state index contributed by atoms with van der Waals surface area (Å²) in [6.07, 6.45) is 5.40. The normalized spacial score (nSPS) is 25.5. The van der Waals surface area contributed by atoms with E-state index in [2.05, 4.69) is 6.92 Å². The molecule has 0 spiro atoms. The van der Waals surface area contributed by atoms with Crippen molar-refractivity contribution in [3.8, 4) is 0 Å². The molecule has 11 heavy (non-hydrogen) atoms. The first-order valence-corrected chi connectivity index (χ1v) is 6.43. The Hall–Kier alpha value is 0.790. The van der Waals surface area contributed by atoms with Crippen LogP contribution < -0.4 is 0 Å². The number of thioether (sulfide) groups is 2. The van der Waals surface area contributed by atoms with Crippen molar-refractivity contribution in [3.05, 3.63) is 0 Å². The Balaban J connectivity index is 2.17. The molecule has 0 aromatic rings. The summed E-state index contributed by atoms with van der Waals surface area (Å²) >= 11 is 8.93. The maximum absolute atomic E-state index is 5.16. The lowest BCUT2D eigenvalue weighted by molar-refractivity contribution is 0.675. The van der Waals surface area contributed by atoms with Gasteiger partial charge in [0.2, 0.25) is 0 Å². The highest BCUT2D eigenvalue weighted by atomic mass is 32.2. The van der Waals surface area contributed by atoms with Gasteiger partial charge in [-0.3, -0.25) is 0 Å². The average Bonchev–Trinajstić information content (AvgIpc) is 2.01. The van der Waals surface area contributed by atoms with E-state index >= 15 is 0 Å². The second-order valence-corrected chi connectivity index (χ2v) is 6.37. The first-order chi connectivity index (χ1) is 5.33. The standard InChI is InChI=1S/C8H14S3/c1-2-3-4-7-5-6-10-8(9)11-7/h7H,2-6H2,1H3. The molecule has 0 nitrogen and oxygen atoms in total. The third-order valence-electron chi connectivity index (χ3n) is 1.80. The molecule has 0 radical (unpaired) electrons. The second-order valence-electron chi connectivity index (χ2n) is 2.77. The molecule has 0 aliphatic carbocycles. The van der Waals surface area contributed by atoms with Crippen molar-refractivity contribution in [3.63, 3.8) is 0 Å². The number of hydrogen-bond donors (Lipinski definition) is 0. The van der Waals surface area contributed by atoms with Gasteiger partial charge in [0.25, 0.3) is 0 Å². The van der Waals surface area contributed by atoms with Gasteiger partial charge in [-0.05, 0) is 12.8 Å². The minimum absolute atomic E-state index is 0.837. The highest BCUT2D eigenvalue weighted by Crippen LogP contribution is 2.33. The quantitative estimate of drug-likeness (QED) is 0.646. The van der Waals surface area contributed by atoms with Crippen molar-refractivity contribution < 1.29 is 0 Å². The first-order valence-electron chi connectivity index (χ1n) is 4.16. The fourth-order valence-electron chi connectivity index (χ4n) is 1.14. The van der Waals surface area contributed by atoms with Crippen LogP contribution >= 0.6 is 35.7 Å². The molecule has 1 fully saturated rings. The molecule has 0 N–H and O–H groups in total. The molecule has 1 aliphatic rings. The Bertz CT molecular complexity index is 133. The number of rotatable bonds is 3. The van der Waals surface area contributed by atoms with Gasteiger partial charge < -0.3 is 0 Å². The smallest absolute Gasteiger partial charge is 0.104 e. The van der Waals surface area contributed by atoms with Gasteiger partial charge in [0.1, 0.15) is 3.53 Å². The number of hydrogen-bond acceptors (Lipinski definition) is 3. The Kier molecular flexibility index (Phi) is 4.88.